The third-order valence-corrected chi connectivity index (χ3v) is 6.62. The molecule has 0 radical (unpaired) electrons. The first-order valence-electron chi connectivity index (χ1n) is 13.2. The fourth-order valence-corrected chi connectivity index (χ4v) is 5.41. The molecule has 0 bridgehead atoms. The van der Waals surface area contributed by atoms with Crippen LogP contribution in [0, 0.1) is 0 Å². The molecule has 0 aliphatic carbocycles. The normalized spacial score (nSPS) is 16.3. The van der Waals surface area contributed by atoms with Gasteiger partial charge in [0, 0.05) is 40.0 Å². The molecule has 9 heteroatoms. The van der Waals surface area contributed by atoms with E-state index in [4.69, 9.17) is 4.74 Å². The molecular formula is C30H37N5O4. The minimum Gasteiger partial charge on any atom is -0.450 e. The second kappa shape index (κ2) is 11.4. The molecule has 1 aromatic heterocycles. The SMILES string of the molecule is CCOC(=O)Nc1cccc(Cn2nc(-c3ccc(C(=O)NC4CC(C)(C)NC(C)(C)C4)cc3)ccc2=O)c1. The summed E-state index contributed by atoms with van der Waals surface area (Å²) in [5, 5.41) is 14.0. The van der Waals surface area contributed by atoms with Crippen molar-refractivity contribution in [1.82, 2.24) is 20.4 Å². The summed E-state index contributed by atoms with van der Waals surface area (Å²) < 4.78 is 6.30. The zero-order valence-electron chi connectivity index (χ0n) is 23.2. The van der Waals surface area contributed by atoms with Gasteiger partial charge in [0.1, 0.15) is 0 Å². The molecule has 1 fully saturated rings. The van der Waals surface area contributed by atoms with Crippen molar-refractivity contribution in [2.24, 2.45) is 0 Å². The van der Waals surface area contributed by atoms with Crippen LogP contribution in [0.2, 0.25) is 0 Å². The molecule has 2 amide bonds. The van der Waals surface area contributed by atoms with Crippen LogP contribution in [-0.2, 0) is 11.3 Å². The van der Waals surface area contributed by atoms with Crippen LogP contribution in [0.1, 0.15) is 63.4 Å². The fraction of sp³-hybridized carbons (Fsp3) is 0.400. The third-order valence-electron chi connectivity index (χ3n) is 6.62. The van der Waals surface area contributed by atoms with E-state index in [0.717, 1.165) is 24.0 Å². The highest BCUT2D eigenvalue weighted by Crippen LogP contribution is 2.28. The molecule has 9 nitrogen and oxygen atoms in total. The summed E-state index contributed by atoms with van der Waals surface area (Å²) in [7, 11) is 0. The van der Waals surface area contributed by atoms with Crippen molar-refractivity contribution in [1.29, 1.82) is 0 Å². The lowest BCUT2D eigenvalue weighted by atomic mass is 9.79. The number of amides is 2. The second-order valence-corrected chi connectivity index (χ2v) is 11.3. The fourth-order valence-electron chi connectivity index (χ4n) is 5.41. The molecule has 0 unspecified atom stereocenters. The average molecular weight is 532 g/mol. The number of nitrogens with zero attached hydrogens (tertiary/aromatic N) is 2. The Kier molecular flexibility index (Phi) is 8.20. The second-order valence-electron chi connectivity index (χ2n) is 11.3. The van der Waals surface area contributed by atoms with E-state index in [9.17, 15) is 14.4 Å². The highest BCUT2D eigenvalue weighted by atomic mass is 16.5. The Morgan fingerprint density at radius 1 is 1.03 bits per heavy atom. The summed E-state index contributed by atoms with van der Waals surface area (Å²) in [6.07, 6.45) is 1.17. The van der Waals surface area contributed by atoms with E-state index >= 15 is 0 Å². The van der Waals surface area contributed by atoms with Crippen LogP contribution in [0.3, 0.4) is 0 Å². The molecule has 39 heavy (non-hydrogen) atoms. The van der Waals surface area contributed by atoms with Gasteiger partial charge in [-0.3, -0.25) is 14.9 Å². The van der Waals surface area contributed by atoms with Crippen molar-refractivity contribution in [3.63, 3.8) is 0 Å². The van der Waals surface area contributed by atoms with Gasteiger partial charge in [0.25, 0.3) is 11.5 Å². The Morgan fingerprint density at radius 3 is 2.38 bits per heavy atom. The van der Waals surface area contributed by atoms with E-state index in [1.165, 1.54) is 10.7 Å². The number of piperidine rings is 1. The summed E-state index contributed by atoms with van der Waals surface area (Å²) in [6, 6.07) is 17.6. The molecule has 0 saturated carbocycles. The van der Waals surface area contributed by atoms with Crippen molar-refractivity contribution in [3.05, 3.63) is 82.1 Å². The first-order valence-corrected chi connectivity index (χ1v) is 13.2. The van der Waals surface area contributed by atoms with E-state index in [2.05, 4.69) is 48.7 Å². The van der Waals surface area contributed by atoms with Crippen LogP contribution >= 0.6 is 0 Å². The molecule has 3 N–H and O–H groups in total. The summed E-state index contributed by atoms with van der Waals surface area (Å²) in [4.78, 5) is 37.2. The first kappa shape index (κ1) is 28.0. The van der Waals surface area contributed by atoms with Gasteiger partial charge in [-0.1, -0.05) is 24.3 Å². The standard InChI is InChI=1S/C30H37N5O4/c1-6-39-28(38)32-23-9-7-8-20(16-23)19-35-26(36)15-14-25(33-35)21-10-12-22(13-11-21)27(37)31-24-17-29(2,3)34-30(4,5)18-24/h7-16,24,34H,6,17-19H2,1-5H3,(H,31,37)(H,32,38). The maximum absolute atomic E-state index is 13.0. The summed E-state index contributed by atoms with van der Waals surface area (Å²) in [5.74, 6) is -0.103. The maximum atomic E-state index is 13.0. The van der Waals surface area contributed by atoms with Gasteiger partial charge in [-0.05, 0) is 83.4 Å². The van der Waals surface area contributed by atoms with Gasteiger partial charge in [-0.2, -0.15) is 5.10 Å². The molecular weight excluding hydrogens is 494 g/mol. The van der Waals surface area contributed by atoms with E-state index in [1.54, 1.807) is 43.3 Å². The quantitative estimate of drug-likeness (QED) is 0.412. The molecule has 2 heterocycles. The lowest BCUT2D eigenvalue weighted by Gasteiger charge is -2.46. The molecule has 4 rings (SSSR count). The first-order chi connectivity index (χ1) is 18.4. The average Bonchev–Trinajstić information content (AvgIpc) is 2.84. The van der Waals surface area contributed by atoms with Crippen molar-refractivity contribution < 1.29 is 14.3 Å². The van der Waals surface area contributed by atoms with Crippen LogP contribution < -0.4 is 21.5 Å². The largest absolute Gasteiger partial charge is 0.450 e. The zero-order valence-corrected chi connectivity index (χ0v) is 23.2. The predicted octanol–water partition coefficient (Wildman–Crippen LogP) is 4.57. The van der Waals surface area contributed by atoms with Crippen LogP contribution in [0.5, 0.6) is 0 Å². The van der Waals surface area contributed by atoms with Crippen molar-refractivity contribution in [2.45, 2.75) is 71.1 Å². The third kappa shape index (κ3) is 7.54. The molecule has 1 aliphatic heterocycles. The van der Waals surface area contributed by atoms with Gasteiger partial charge in [0.05, 0.1) is 18.8 Å². The number of carbonyl (C=O) groups excluding carboxylic acids is 2. The van der Waals surface area contributed by atoms with Crippen LogP contribution in [0.15, 0.2) is 65.5 Å². The Balaban J connectivity index is 1.45. The zero-order chi connectivity index (χ0) is 28.2. The Labute approximate surface area is 229 Å². The smallest absolute Gasteiger partial charge is 0.411 e. The molecule has 2 aromatic carbocycles. The number of nitrogens with one attached hydrogen (secondary N) is 3. The lowest BCUT2D eigenvalue weighted by molar-refractivity contribution is 0.0873. The van der Waals surface area contributed by atoms with Crippen molar-refractivity contribution in [3.8, 4) is 11.3 Å². The Hall–Kier alpha value is -3.98. The molecule has 0 spiro atoms. The van der Waals surface area contributed by atoms with E-state index < -0.39 is 6.09 Å². The Bertz CT molecular complexity index is 1380. The highest BCUT2D eigenvalue weighted by molar-refractivity contribution is 5.94. The molecule has 0 atom stereocenters. The summed E-state index contributed by atoms with van der Waals surface area (Å²) >= 11 is 0. The molecule has 206 valence electrons. The van der Waals surface area contributed by atoms with Gasteiger partial charge < -0.3 is 15.4 Å². The number of carbonyl (C=O) groups is 2. The molecule has 3 aromatic rings. The number of aromatic nitrogens is 2. The number of ether oxygens (including phenoxy) is 1. The van der Waals surface area contributed by atoms with E-state index in [1.807, 2.05) is 18.2 Å². The number of hydrogen-bond acceptors (Lipinski definition) is 6. The molecule has 1 saturated heterocycles. The van der Waals surface area contributed by atoms with Crippen LogP contribution in [0.4, 0.5) is 10.5 Å². The minimum absolute atomic E-state index is 0.0585. The maximum Gasteiger partial charge on any atom is 0.411 e. The van der Waals surface area contributed by atoms with Gasteiger partial charge in [0.2, 0.25) is 0 Å². The van der Waals surface area contributed by atoms with Gasteiger partial charge in [-0.25, -0.2) is 9.48 Å². The van der Waals surface area contributed by atoms with Crippen LogP contribution in [0.25, 0.3) is 11.3 Å². The number of rotatable bonds is 7. The summed E-state index contributed by atoms with van der Waals surface area (Å²) in [5.41, 5.74) is 2.99. The number of hydrogen-bond donors (Lipinski definition) is 3. The van der Waals surface area contributed by atoms with Crippen molar-refractivity contribution >= 4 is 17.7 Å². The van der Waals surface area contributed by atoms with Gasteiger partial charge >= 0.3 is 6.09 Å². The number of benzene rings is 2. The van der Waals surface area contributed by atoms with Gasteiger partial charge in [-0.15, -0.1) is 0 Å². The molecule has 1 aliphatic rings. The van der Waals surface area contributed by atoms with E-state index in [-0.39, 0.29) is 41.7 Å². The van der Waals surface area contributed by atoms with Crippen molar-refractivity contribution in [2.75, 3.05) is 11.9 Å². The Morgan fingerprint density at radius 2 is 1.72 bits per heavy atom. The van der Waals surface area contributed by atoms with E-state index in [0.29, 0.717) is 16.9 Å². The topological polar surface area (TPSA) is 114 Å². The number of anilines is 1. The predicted molar refractivity (Wildman–Crippen MR) is 152 cm³/mol. The lowest BCUT2D eigenvalue weighted by Crippen LogP contribution is -2.62. The monoisotopic (exact) mass is 531 g/mol. The van der Waals surface area contributed by atoms with Crippen LogP contribution in [-0.4, -0.2) is 45.5 Å². The highest BCUT2D eigenvalue weighted by Gasteiger charge is 2.38. The minimum atomic E-state index is -0.535. The summed E-state index contributed by atoms with van der Waals surface area (Å²) in [6.45, 7) is 10.9. The van der Waals surface area contributed by atoms with Gasteiger partial charge in [0.15, 0.2) is 0 Å².